The van der Waals surface area contributed by atoms with Crippen LogP contribution in [-0.2, 0) is 11.8 Å². The first kappa shape index (κ1) is 22.1. The zero-order valence-electron chi connectivity index (χ0n) is 17.3. The van der Waals surface area contributed by atoms with E-state index in [9.17, 15) is 19.3 Å². The van der Waals surface area contributed by atoms with E-state index < -0.39 is 16.2 Å². The van der Waals surface area contributed by atoms with Gasteiger partial charge in [0.15, 0.2) is 0 Å². The minimum atomic E-state index is -1.10. The van der Waals surface area contributed by atoms with Gasteiger partial charge in [-0.1, -0.05) is 12.1 Å². The molecule has 0 aliphatic rings. The molecule has 2 aromatic carbocycles. The first-order valence-electron chi connectivity index (χ1n) is 9.78. The highest BCUT2D eigenvalue weighted by Crippen LogP contribution is 2.38. The number of nitrogens with one attached hydrogen (secondary N) is 1. The van der Waals surface area contributed by atoms with E-state index in [1.54, 1.807) is 43.7 Å². The minimum absolute atomic E-state index is 0.0985. The minimum Gasteiger partial charge on any atom is -0.309 e. The number of non-ortho nitro benzene ring substituents is 1. The number of amides is 1. The third-order valence-corrected chi connectivity index (χ3v) is 5.45. The summed E-state index contributed by atoms with van der Waals surface area (Å²) in [7, 11) is 1.67. The van der Waals surface area contributed by atoms with Crippen molar-refractivity contribution in [2.24, 2.45) is 7.05 Å². The van der Waals surface area contributed by atoms with Crippen LogP contribution in [0, 0.1) is 15.9 Å². The summed E-state index contributed by atoms with van der Waals surface area (Å²) in [6.07, 6.45) is 3.23. The van der Waals surface area contributed by atoms with Gasteiger partial charge in [0, 0.05) is 37.1 Å². The fourth-order valence-electron chi connectivity index (χ4n) is 3.37. The Morgan fingerprint density at radius 1 is 1.06 bits per heavy atom. The van der Waals surface area contributed by atoms with E-state index >= 15 is 0 Å². The van der Waals surface area contributed by atoms with E-state index in [-0.39, 0.29) is 11.5 Å². The molecule has 0 saturated heterocycles. The molecule has 1 amide bonds. The molecule has 0 aliphatic carbocycles. The van der Waals surface area contributed by atoms with Crippen molar-refractivity contribution in [2.75, 3.05) is 5.32 Å². The Morgan fingerprint density at radius 2 is 1.70 bits per heavy atom. The van der Waals surface area contributed by atoms with Crippen molar-refractivity contribution in [3.63, 3.8) is 0 Å². The van der Waals surface area contributed by atoms with Crippen LogP contribution in [0.15, 0.2) is 73.1 Å². The smallest absolute Gasteiger partial charge is 0.269 e. The zero-order valence-corrected chi connectivity index (χ0v) is 18.0. The number of nitrogens with zero attached hydrogens (tertiary/aromatic N) is 4. The number of hydrogen-bond acceptors (Lipinski definition) is 5. The fraction of sp³-hybridized carbons (Fsp3) is 0.0870. The summed E-state index contributed by atoms with van der Waals surface area (Å²) in [6, 6.07) is 14.9. The maximum atomic E-state index is 13.5. The van der Waals surface area contributed by atoms with Crippen LogP contribution in [-0.4, -0.2) is 25.6 Å². The molecule has 0 spiro atoms. The van der Waals surface area contributed by atoms with Crippen molar-refractivity contribution < 1.29 is 14.1 Å². The third kappa shape index (κ3) is 4.58. The van der Waals surface area contributed by atoms with Crippen molar-refractivity contribution in [3.05, 3.63) is 94.6 Å². The number of anilines is 1. The highest BCUT2D eigenvalue weighted by atomic mass is 35.5. The van der Waals surface area contributed by atoms with Crippen LogP contribution in [0.2, 0.25) is 0 Å². The number of aromatic nitrogens is 3. The summed E-state index contributed by atoms with van der Waals surface area (Å²) in [5.41, 5.74) is 2.88. The maximum absolute atomic E-state index is 13.5. The van der Waals surface area contributed by atoms with Gasteiger partial charge in [-0.2, -0.15) is 5.10 Å². The summed E-state index contributed by atoms with van der Waals surface area (Å²) in [6.45, 7) is 0. The lowest BCUT2D eigenvalue weighted by Gasteiger charge is -2.13. The molecule has 33 heavy (non-hydrogen) atoms. The molecule has 8 nitrogen and oxygen atoms in total. The second kappa shape index (κ2) is 9.17. The van der Waals surface area contributed by atoms with E-state index in [4.69, 9.17) is 11.6 Å². The molecule has 1 atom stereocenters. The average molecular weight is 466 g/mol. The van der Waals surface area contributed by atoms with Gasteiger partial charge in [0.25, 0.3) is 5.69 Å². The number of benzene rings is 2. The predicted octanol–water partition coefficient (Wildman–Crippen LogP) is 5.12. The average Bonchev–Trinajstić information content (AvgIpc) is 3.15. The topological polar surface area (TPSA) is 103 Å². The highest BCUT2D eigenvalue weighted by Gasteiger charge is 2.25. The van der Waals surface area contributed by atoms with Gasteiger partial charge in [-0.15, -0.1) is 11.6 Å². The van der Waals surface area contributed by atoms with Crippen LogP contribution >= 0.6 is 11.6 Å². The molecule has 0 radical (unpaired) electrons. The number of halogens is 2. The molecular weight excluding hydrogens is 449 g/mol. The fourth-order valence-corrected chi connectivity index (χ4v) is 3.57. The lowest BCUT2D eigenvalue weighted by molar-refractivity contribution is -0.384. The number of hydrogen-bond donors (Lipinski definition) is 1. The largest absolute Gasteiger partial charge is 0.309 e. The van der Waals surface area contributed by atoms with Gasteiger partial charge < -0.3 is 5.32 Å². The lowest BCUT2D eigenvalue weighted by Crippen LogP contribution is -2.19. The molecule has 2 aromatic heterocycles. The number of alkyl halides is 1. The molecule has 0 saturated carbocycles. The van der Waals surface area contributed by atoms with E-state index in [1.165, 1.54) is 41.1 Å². The van der Waals surface area contributed by atoms with Crippen LogP contribution in [0.1, 0.15) is 10.9 Å². The van der Waals surface area contributed by atoms with Crippen LogP contribution in [0.3, 0.4) is 0 Å². The SMILES string of the molecule is Cn1nc(-c2ccc(F)cc2)c(-c2ccncc2)c1NC(=O)C(Cl)c1ccc([N+](=O)[O-])cc1. The summed E-state index contributed by atoms with van der Waals surface area (Å²) in [4.78, 5) is 27.4. The Kier molecular flexibility index (Phi) is 6.14. The number of nitro groups is 1. The van der Waals surface area contributed by atoms with E-state index in [1.807, 2.05) is 0 Å². The number of rotatable bonds is 6. The van der Waals surface area contributed by atoms with Crippen LogP contribution in [0.5, 0.6) is 0 Å². The molecule has 4 rings (SSSR count). The standard InChI is InChI=1S/C23H17ClFN5O3/c1-29-22(27-23(31)20(24)15-4-8-18(9-5-15)30(32)33)19(14-10-12-26-13-11-14)21(28-29)16-2-6-17(25)7-3-16/h2-13,20H,1H3,(H,27,31). The second-order valence-corrected chi connectivity index (χ2v) is 7.58. The lowest BCUT2D eigenvalue weighted by atomic mass is 10.0. The molecule has 4 aromatic rings. The van der Waals surface area contributed by atoms with Crippen LogP contribution in [0.25, 0.3) is 22.4 Å². The van der Waals surface area contributed by atoms with Crippen LogP contribution in [0.4, 0.5) is 15.9 Å². The summed E-state index contributed by atoms with van der Waals surface area (Å²) < 4.78 is 15.0. The van der Waals surface area contributed by atoms with Crippen molar-refractivity contribution in [1.82, 2.24) is 14.8 Å². The molecule has 1 N–H and O–H groups in total. The molecule has 0 aliphatic heterocycles. The number of nitro benzene ring substituents is 1. The van der Waals surface area contributed by atoms with Crippen molar-refractivity contribution in [2.45, 2.75) is 5.38 Å². The Bertz CT molecular complexity index is 1310. The Labute approximate surface area is 192 Å². The number of carbonyl (C=O) groups is 1. The van der Waals surface area contributed by atoms with E-state index in [2.05, 4.69) is 15.4 Å². The van der Waals surface area contributed by atoms with Gasteiger partial charge in [0.2, 0.25) is 5.91 Å². The third-order valence-electron chi connectivity index (χ3n) is 5.00. The normalized spacial score (nSPS) is 11.7. The van der Waals surface area contributed by atoms with Crippen molar-refractivity contribution >= 4 is 29.0 Å². The molecule has 1 unspecified atom stereocenters. The molecule has 0 bridgehead atoms. The Balaban J connectivity index is 1.72. The number of carbonyl (C=O) groups excluding carboxylic acids is 1. The second-order valence-electron chi connectivity index (χ2n) is 7.14. The van der Waals surface area contributed by atoms with Gasteiger partial charge in [-0.3, -0.25) is 24.6 Å². The van der Waals surface area contributed by atoms with Crippen molar-refractivity contribution in [1.29, 1.82) is 0 Å². The molecule has 10 heteroatoms. The van der Waals surface area contributed by atoms with E-state index in [0.717, 1.165) is 5.56 Å². The molecule has 166 valence electrons. The summed E-state index contributed by atoms with van der Waals surface area (Å²) in [5, 5.41) is 17.1. The quantitative estimate of drug-likeness (QED) is 0.242. The van der Waals surface area contributed by atoms with Gasteiger partial charge in [-0.25, -0.2) is 4.39 Å². The number of pyridine rings is 1. The first-order chi connectivity index (χ1) is 15.8. The molecule has 2 heterocycles. The van der Waals surface area contributed by atoms with Gasteiger partial charge in [0.05, 0.1) is 10.5 Å². The summed E-state index contributed by atoms with van der Waals surface area (Å²) >= 11 is 6.37. The zero-order chi connectivity index (χ0) is 23.5. The van der Waals surface area contributed by atoms with Crippen LogP contribution < -0.4 is 5.32 Å². The van der Waals surface area contributed by atoms with Gasteiger partial charge in [-0.05, 0) is 47.5 Å². The van der Waals surface area contributed by atoms with Gasteiger partial charge >= 0.3 is 0 Å². The van der Waals surface area contributed by atoms with Gasteiger partial charge in [0.1, 0.15) is 22.7 Å². The highest BCUT2D eigenvalue weighted by molar-refractivity contribution is 6.32. The maximum Gasteiger partial charge on any atom is 0.269 e. The Hall–Kier alpha value is -4.11. The van der Waals surface area contributed by atoms with E-state index in [0.29, 0.717) is 28.2 Å². The molecule has 0 fully saturated rings. The predicted molar refractivity (Wildman–Crippen MR) is 122 cm³/mol. The first-order valence-corrected chi connectivity index (χ1v) is 10.2. The summed E-state index contributed by atoms with van der Waals surface area (Å²) in [5.74, 6) is -0.519. The number of aryl methyl sites for hydroxylation is 1. The monoisotopic (exact) mass is 465 g/mol. The van der Waals surface area contributed by atoms with Crippen molar-refractivity contribution in [3.8, 4) is 22.4 Å². The molecular formula is C23H17ClFN5O3. The Morgan fingerprint density at radius 3 is 2.30 bits per heavy atom.